The molecule has 1 unspecified atom stereocenters. The number of aliphatic carboxylic acids is 1. The van der Waals surface area contributed by atoms with Crippen molar-refractivity contribution in [3.8, 4) is 23.0 Å². The van der Waals surface area contributed by atoms with Crippen LogP contribution >= 0.6 is 0 Å². The van der Waals surface area contributed by atoms with Gasteiger partial charge in [-0.15, -0.1) is 0 Å². The van der Waals surface area contributed by atoms with Gasteiger partial charge in [0.2, 0.25) is 5.91 Å². The van der Waals surface area contributed by atoms with Crippen molar-refractivity contribution >= 4 is 23.4 Å². The van der Waals surface area contributed by atoms with Crippen molar-refractivity contribution in [2.24, 2.45) is 5.73 Å². The number of nitrogen functional groups attached to an aromatic ring is 1. The van der Waals surface area contributed by atoms with Crippen LogP contribution in [0.5, 0.6) is 23.0 Å². The maximum absolute atomic E-state index is 13.4. The van der Waals surface area contributed by atoms with Crippen LogP contribution in [0.3, 0.4) is 0 Å². The maximum atomic E-state index is 13.4. The minimum absolute atomic E-state index is 0.0445. The molecule has 1 atom stereocenters. The van der Waals surface area contributed by atoms with E-state index < -0.39 is 12.0 Å². The van der Waals surface area contributed by atoms with Gasteiger partial charge in [-0.1, -0.05) is 42.5 Å². The summed E-state index contributed by atoms with van der Waals surface area (Å²) in [4.78, 5) is 22.4. The van der Waals surface area contributed by atoms with Crippen LogP contribution in [0.15, 0.2) is 91.0 Å². The number of rotatable bonds is 12. The van der Waals surface area contributed by atoms with Gasteiger partial charge in [-0.3, -0.25) is 15.0 Å². The van der Waals surface area contributed by atoms with E-state index in [1.54, 1.807) is 49.6 Å². The molecule has 0 aliphatic rings. The molecule has 11 nitrogen and oxygen atoms in total. The fourth-order valence-corrected chi connectivity index (χ4v) is 4.09. The lowest BCUT2D eigenvalue weighted by Gasteiger charge is -2.22. The summed E-state index contributed by atoms with van der Waals surface area (Å²) in [6.07, 6.45) is 0.454. The van der Waals surface area contributed by atoms with Crippen LogP contribution in [0.1, 0.15) is 35.2 Å². The van der Waals surface area contributed by atoms with E-state index >= 15 is 0 Å². The van der Waals surface area contributed by atoms with E-state index in [1.165, 1.54) is 12.1 Å². The van der Waals surface area contributed by atoms with Gasteiger partial charge >= 0.3 is 0 Å². The Hall–Kier alpha value is -5.71. The van der Waals surface area contributed by atoms with Crippen molar-refractivity contribution in [1.82, 2.24) is 5.32 Å². The first-order valence-corrected chi connectivity index (χ1v) is 13.6. The Kier molecular flexibility index (Phi) is 12.0. The highest BCUT2D eigenvalue weighted by Gasteiger charge is 2.22. The Morgan fingerprint density at radius 3 is 2.18 bits per heavy atom. The van der Waals surface area contributed by atoms with E-state index in [4.69, 9.17) is 30.5 Å². The van der Waals surface area contributed by atoms with Gasteiger partial charge in [-0.25, -0.2) is 0 Å². The highest BCUT2D eigenvalue weighted by atomic mass is 16.5. The first-order chi connectivity index (χ1) is 21.1. The molecule has 0 spiro atoms. The molecule has 44 heavy (non-hydrogen) atoms. The summed E-state index contributed by atoms with van der Waals surface area (Å²) in [5.74, 6) is -0.528. The van der Waals surface area contributed by atoms with Crippen molar-refractivity contribution < 1.29 is 34.4 Å². The molecule has 4 rings (SSSR count). The first kappa shape index (κ1) is 32.8. The molecule has 0 aliphatic heterocycles. The standard InChI is InChI=1S/C31H32N4O5.C2H4O2/c1-39-28-18-23(10-14-27(28)40-19-21-5-3-2-4-6-21)29(35-24-11-8-22(9-12-24)30(32)33)31(38)34-16-15-20-7-13-25(36)26(37)17-20;1-2(3)4/h2-14,17-18,29,35-37H,15-16,19H2,1H3,(H3,32,33)(H,34,38);1H3,(H,3,4). The summed E-state index contributed by atoms with van der Waals surface area (Å²) >= 11 is 0. The predicted molar refractivity (Wildman–Crippen MR) is 167 cm³/mol. The second-order valence-corrected chi connectivity index (χ2v) is 9.64. The van der Waals surface area contributed by atoms with E-state index in [0.717, 1.165) is 18.1 Å². The van der Waals surface area contributed by atoms with Crippen LogP contribution in [0.4, 0.5) is 5.69 Å². The number of amides is 1. The number of carbonyl (C=O) groups excluding carboxylic acids is 1. The quantitative estimate of drug-likeness (QED) is 0.0694. The Labute approximate surface area is 255 Å². The lowest BCUT2D eigenvalue weighted by molar-refractivity contribution is -0.134. The second kappa shape index (κ2) is 16.1. The number of aromatic hydroxyl groups is 2. The number of hydrogen-bond acceptors (Lipinski definition) is 8. The highest BCUT2D eigenvalue weighted by Crippen LogP contribution is 2.32. The Morgan fingerprint density at radius 2 is 1.57 bits per heavy atom. The predicted octanol–water partition coefficient (Wildman–Crippen LogP) is 4.57. The first-order valence-electron chi connectivity index (χ1n) is 13.6. The van der Waals surface area contributed by atoms with E-state index in [9.17, 15) is 15.0 Å². The van der Waals surface area contributed by atoms with Crippen molar-refractivity contribution in [1.29, 1.82) is 5.41 Å². The summed E-state index contributed by atoms with van der Waals surface area (Å²) in [5, 5.41) is 40.5. The summed E-state index contributed by atoms with van der Waals surface area (Å²) in [6, 6.07) is 25.8. The molecule has 8 N–H and O–H groups in total. The third-order valence-electron chi connectivity index (χ3n) is 6.28. The zero-order valence-electron chi connectivity index (χ0n) is 24.4. The van der Waals surface area contributed by atoms with Crippen LogP contribution in [0, 0.1) is 5.41 Å². The SMILES string of the molecule is CC(=O)O.COc1cc(C(Nc2ccc(C(=N)N)cc2)C(=O)NCCc2ccc(O)c(O)c2)ccc1OCc1ccccc1. The molecule has 0 aromatic heterocycles. The Morgan fingerprint density at radius 1 is 0.886 bits per heavy atom. The lowest BCUT2D eigenvalue weighted by atomic mass is 10.0. The lowest BCUT2D eigenvalue weighted by Crippen LogP contribution is -2.34. The number of ether oxygens (including phenoxy) is 2. The third-order valence-corrected chi connectivity index (χ3v) is 6.28. The number of hydrogen-bond donors (Lipinski definition) is 7. The molecule has 0 saturated carbocycles. The van der Waals surface area contributed by atoms with Crippen LogP contribution in [0.25, 0.3) is 0 Å². The van der Waals surface area contributed by atoms with Crippen LogP contribution in [-0.2, 0) is 22.6 Å². The number of nitrogens with two attached hydrogens (primary N) is 1. The smallest absolute Gasteiger partial charge is 0.300 e. The fraction of sp³-hybridized carbons (Fsp3) is 0.182. The monoisotopic (exact) mass is 600 g/mol. The largest absolute Gasteiger partial charge is 0.504 e. The molecule has 1 amide bonds. The van der Waals surface area contributed by atoms with Crippen LogP contribution in [0.2, 0.25) is 0 Å². The zero-order chi connectivity index (χ0) is 32.1. The van der Waals surface area contributed by atoms with E-state index in [1.807, 2.05) is 36.4 Å². The zero-order valence-corrected chi connectivity index (χ0v) is 24.4. The molecule has 0 fully saturated rings. The van der Waals surface area contributed by atoms with Gasteiger partial charge in [-0.05, 0) is 71.6 Å². The number of carboxylic acid groups (broad SMARTS) is 1. The minimum Gasteiger partial charge on any atom is -0.504 e. The highest BCUT2D eigenvalue weighted by molar-refractivity contribution is 5.95. The number of amidine groups is 1. The Bertz CT molecular complexity index is 1560. The van der Waals surface area contributed by atoms with Gasteiger partial charge in [0.05, 0.1) is 7.11 Å². The topological polar surface area (TPSA) is 187 Å². The molecule has 0 radical (unpaired) electrons. The second-order valence-electron chi connectivity index (χ2n) is 9.64. The summed E-state index contributed by atoms with van der Waals surface area (Å²) in [7, 11) is 1.55. The molecule has 230 valence electrons. The molecule has 0 saturated heterocycles. The number of benzene rings is 4. The molecular weight excluding hydrogens is 564 g/mol. The molecule has 11 heteroatoms. The van der Waals surface area contributed by atoms with Gasteiger partial charge in [0.15, 0.2) is 23.0 Å². The number of nitrogens with one attached hydrogen (secondary N) is 3. The molecule has 0 aliphatic carbocycles. The number of phenolic OH excluding ortho intramolecular Hbond substituents is 2. The van der Waals surface area contributed by atoms with Gasteiger partial charge < -0.3 is 41.2 Å². The molecule has 4 aromatic rings. The minimum atomic E-state index is -0.833. The van der Waals surface area contributed by atoms with E-state index in [2.05, 4.69) is 10.6 Å². The van der Waals surface area contributed by atoms with Gasteiger partial charge in [0.1, 0.15) is 18.5 Å². The fourth-order valence-electron chi connectivity index (χ4n) is 4.09. The van der Waals surface area contributed by atoms with Gasteiger partial charge in [0.25, 0.3) is 5.97 Å². The average molecular weight is 601 g/mol. The maximum Gasteiger partial charge on any atom is 0.300 e. The molecule has 4 aromatic carbocycles. The van der Waals surface area contributed by atoms with Crippen LogP contribution < -0.4 is 25.8 Å². The third kappa shape index (κ3) is 9.98. The van der Waals surface area contributed by atoms with Crippen molar-refractivity contribution in [3.05, 3.63) is 113 Å². The average Bonchev–Trinajstić information content (AvgIpc) is 3.01. The number of methoxy groups -OCH3 is 1. The number of carboxylic acids is 1. The molecule has 0 heterocycles. The normalized spacial score (nSPS) is 10.9. The summed E-state index contributed by atoms with van der Waals surface area (Å²) in [5.41, 5.74) is 9.25. The van der Waals surface area contributed by atoms with Crippen molar-refractivity contribution in [2.45, 2.75) is 26.0 Å². The van der Waals surface area contributed by atoms with Gasteiger partial charge in [0, 0.05) is 24.7 Å². The Balaban J connectivity index is 0.00000124. The summed E-state index contributed by atoms with van der Waals surface area (Å²) in [6.45, 7) is 1.76. The molecule has 0 bridgehead atoms. The number of anilines is 1. The van der Waals surface area contributed by atoms with Gasteiger partial charge in [-0.2, -0.15) is 0 Å². The van der Waals surface area contributed by atoms with Crippen molar-refractivity contribution in [3.63, 3.8) is 0 Å². The van der Waals surface area contributed by atoms with Crippen LogP contribution in [-0.4, -0.2) is 46.7 Å². The van der Waals surface area contributed by atoms with E-state index in [-0.39, 0.29) is 23.2 Å². The molecular formula is C33H36N4O7. The number of phenols is 2. The van der Waals surface area contributed by atoms with E-state index in [0.29, 0.717) is 47.9 Å². The number of carbonyl (C=O) groups is 2. The van der Waals surface area contributed by atoms with Crippen molar-refractivity contribution in [2.75, 3.05) is 19.0 Å². The summed E-state index contributed by atoms with van der Waals surface area (Å²) < 4.78 is 11.6.